The van der Waals surface area contributed by atoms with Gasteiger partial charge in [-0.15, -0.1) is 0 Å². The lowest BCUT2D eigenvalue weighted by Crippen LogP contribution is -2.79. The molecule has 252 valence electrons. The Morgan fingerprint density at radius 2 is 1.88 bits per heavy atom. The van der Waals surface area contributed by atoms with Gasteiger partial charge < -0.3 is 64.4 Å². The molecule has 1 saturated heterocycles. The molecular formula is C34H33NO13. The predicted molar refractivity (Wildman–Crippen MR) is 165 cm³/mol. The van der Waals surface area contributed by atoms with E-state index in [1.807, 2.05) is 6.07 Å². The van der Waals surface area contributed by atoms with Gasteiger partial charge in [0.15, 0.2) is 29.1 Å². The quantitative estimate of drug-likeness (QED) is 0.187. The number of aliphatic carboxylic acids is 1. The van der Waals surface area contributed by atoms with E-state index in [2.05, 4.69) is 5.32 Å². The Bertz CT molecular complexity index is 1880. The molecule has 8 atom stereocenters. The molecule has 0 aliphatic carbocycles. The number of aliphatic hydroxyl groups is 4. The fourth-order valence-corrected chi connectivity index (χ4v) is 7.72. The van der Waals surface area contributed by atoms with E-state index >= 15 is 0 Å². The summed E-state index contributed by atoms with van der Waals surface area (Å²) >= 11 is 0. The lowest BCUT2D eigenvalue weighted by molar-refractivity contribution is -0.356. The summed E-state index contributed by atoms with van der Waals surface area (Å²) in [5, 5.41) is 66.5. The largest absolute Gasteiger partial charge is 0.508 e. The van der Waals surface area contributed by atoms with E-state index in [9.17, 15) is 35.4 Å². The van der Waals surface area contributed by atoms with Crippen molar-refractivity contribution in [1.29, 1.82) is 0 Å². The zero-order valence-electron chi connectivity index (χ0n) is 25.7. The van der Waals surface area contributed by atoms with Crippen LogP contribution in [0.25, 0.3) is 11.1 Å². The highest BCUT2D eigenvalue weighted by Gasteiger charge is 2.70. The molecule has 0 saturated carbocycles. The lowest BCUT2D eigenvalue weighted by atomic mass is 9.76. The number of hydrogen-bond donors (Lipinski definition) is 7. The summed E-state index contributed by atoms with van der Waals surface area (Å²) in [5.74, 6) is -2.36. The zero-order valence-corrected chi connectivity index (χ0v) is 25.7. The number of fused-ring (bicyclic) bond motifs is 8. The van der Waals surface area contributed by atoms with Gasteiger partial charge >= 0.3 is 5.97 Å². The minimum atomic E-state index is -2.39. The molecule has 14 heteroatoms. The van der Waals surface area contributed by atoms with Crippen LogP contribution in [0.4, 0.5) is 5.69 Å². The van der Waals surface area contributed by atoms with Crippen LogP contribution < -0.4 is 29.0 Å². The van der Waals surface area contributed by atoms with Crippen molar-refractivity contribution in [2.75, 3.05) is 32.8 Å². The van der Waals surface area contributed by atoms with Gasteiger partial charge in [0.05, 0.1) is 26.7 Å². The molecule has 2 bridgehead atoms. The van der Waals surface area contributed by atoms with E-state index in [-0.39, 0.29) is 30.6 Å². The monoisotopic (exact) mass is 663 g/mol. The first kappa shape index (κ1) is 30.6. The molecule has 5 heterocycles. The van der Waals surface area contributed by atoms with Gasteiger partial charge in [-0.1, -0.05) is 18.2 Å². The topological polar surface area (TPSA) is 206 Å². The Hall–Kier alpha value is -4.73. The average Bonchev–Trinajstić information content (AvgIpc) is 3.48. The third-order valence-electron chi connectivity index (χ3n) is 9.95. The molecule has 0 amide bonds. The number of aliphatic hydroxyl groups excluding tert-OH is 4. The highest BCUT2D eigenvalue weighted by atomic mass is 16.7. The van der Waals surface area contributed by atoms with Crippen LogP contribution in [0.5, 0.6) is 34.5 Å². The van der Waals surface area contributed by atoms with Crippen molar-refractivity contribution in [1.82, 2.24) is 0 Å². The van der Waals surface area contributed by atoms with E-state index in [0.29, 0.717) is 51.8 Å². The van der Waals surface area contributed by atoms with Crippen molar-refractivity contribution >= 4 is 11.7 Å². The molecule has 1 fully saturated rings. The second kappa shape index (κ2) is 10.6. The number of phenols is 1. The molecule has 1 spiro atoms. The Labute approximate surface area is 273 Å². The van der Waals surface area contributed by atoms with Crippen LogP contribution in [0.2, 0.25) is 0 Å². The number of hydrogen-bond acceptors (Lipinski definition) is 13. The van der Waals surface area contributed by atoms with Gasteiger partial charge in [-0.25, -0.2) is 4.79 Å². The third kappa shape index (κ3) is 3.94. The fourth-order valence-electron chi connectivity index (χ4n) is 7.72. The number of ether oxygens (including phenoxy) is 6. The second-order valence-electron chi connectivity index (χ2n) is 12.4. The molecule has 0 unspecified atom stereocenters. The van der Waals surface area contributed by atoms with Crippen molar-refractivity contribution in [2.24, 2.45) is 0 Å². The smallest absolute Gasteiger partial charge is 0.343 e. The van der Waals surface area contributed by atoms with Gasteiger partial charge in [0.2, 0.25) is 11.4 Å². The molecule has 8 rings (SSSR count). The summed E-state index contributed by atoms with van der Waals surface area (Å²) in [6.45, 7) is 0.0352. The highest BCUT2D eigenvalue weighted by molar-refractivity contribution is 5.85. The number of aromatic hydroxyl groups is 1. The molecule has 5 aliphatic rings. The van der Waals surface area contributed by atoms with Crippen molar-refractivity contribution in [3.05, 3.63) is 65.2 Å². The maximum atomic E-state index is 12.4. The number of carboxylic acids is 1. The Kier molecular flexibility index (Phi) is 6.78. The minimum absolute atomic E-state index is 0.0102. The first-order valence-electron chi connectivity index (χ1n) is 15.4. The molecule has 0 aromatic heterocycles. The lowest BCUT2D eigenvalue weighted by Gasteiger charge is -2.57. The number of anilines is 1. The summed E-state index contributed by atoms with van der Waals surface area (Å²) in [6.07, 6.45) is -3.56. The van der Waals surface area contributed by atoms with Crippen molar-refractivity contribution < 1.29 is 63.9 Å². The van der Waals surface area contributed by atoms with Gasteiger partial charge in [0.25, 0.3) is 5.79 Å². The van der Waals surface area contributed by atoms with Crippen molar-refractivity contribution in [3.8, 4) is 45.6 Å². The second-order valence-corrected chi connectivity index (χ2v) is 12.4. The van der Waals surface area contributed by atoms with E-state index < -0.39 is 47.8 Å². The van der Waals surface area contributed by atoms with Gasteiger partial charge in [0.1, 0.15) is 35.8 Å². The molecule has 48 heavy (non-hydrogen) atoms. The summed E-state index contributed by atoms with van der Waals surface area (Å²) in [7, 11) is 3.03. The maximum Gasteiger partial charge on any atom is 0.343 e. The Morgan fingerprint density at radius 1 is 1.06 bits per heavy atom. The van der Waals surface area contributed by atoms with E-state index in [0.717, 1.165) is 17.2 Å². The highest BCUT2D eigenvalue weighted by Crippen LogP contribution is 2.62. The summed E-state index contributed by atoms with van der Waals surface area (Å²) in [4.78, 5) is 12.4. The number of rotatable bonds is 6. The van der Waals surface area contributed by atoms with Crippen LogP contribution in [0.15, 0.2) is 48.6 Å². The van der Waals surface area contributed by atoms with Crippen LogP contribution in [0.1, 0.15) is 28.7 Å². The molecule has 0 radical (unpaired) electrons. The number of benzene rings is 3. The first-order chi connectivity index (χ1) is 23.1. The minimum Gasteiger partial charge on any atom is -0.508 e. The maximum absolute atomic E-state index is 12.4. The molecule has 14 nitrogen and oxygen atoms in total. The number of phenolic OH excluding ortho intramolecular Hbond substituents is 1. The fraction of sp³-hybridized carbons (Fsp3) is 0.382. The zero-order chi connectivity index (χ0) is 33.7. The van der Waals surface area contributed by atoms with E-state index in [4.69, 9.17) is 28.4 Å². The number of nitrogens with one attached hydrogen (secondary N) is 1. The molecular weight excluding hydrogens is 630 g/mol. The summed E-state index contributed by atoms with van der Waals surface area (Å²) in [6, 6.07) is 8.94. The summed E-state index contributed by atoms with van der Waals surface area (Å²) < 4.78 is 36.9. The van der Waals surface area contributed by atoms with Crippen LogP contribution in [0.3, 0.4) is 0 Å². The van der Waals surface area contributed by atoms with Gasteiger partial charge in [-0.2, -0.15) is 0 Å². The average molecular weight is 664 g/mol. The van der Waals surface area contributed by atoms with Crippen molar-refractivity contribution in [2.45, 2.75) is 54.2 Å². The van der Waals surface area contributed by atoms with Crippen molar-refractivity contribution in [3.63, 3.8) is 0 Å². The molecule has 5 aliphatic heterocycles. The molecule has 3 aromatic rings. The van der Waals surface area contributed by atoms with E-state index in [1.165, 1.54) is 26.4 Å². The number of methoxy groups -OCH3 is 2. The molecule has 3 aromatic carbocycles. The predicted octanol–water partition coefficient (Wildman–Crippen LogP) is 1.60. The van der Waals surface area contributed by atoms with Gasteiger partial charge in [-0.3, -0.25) is 0 Å². The standard InChI is InChI=1S/C34H33NO13/c1-43-20-11-15(7-9-36)22-18-13-45-28-23(26(18)46-29(22)27(20)44-2)17(14-4-3-5-16(37)10-14)12-19-24(28)35-21-6-8-33(32(41)42)30(39)25(38)31(40)34(21,47-19)48-33/h3-6,8,10-12,18,21,25-26,30-31,35-40H,7,9,13H2,1-2H3,(H,41,42)/t18-,21-,25-,26-,30-,31+,33+,34+/m0/s1. The van der Waals surface area contributed by atoms with Crippen LogP contribution >= 0.6 is 0 Å². The van der Waals surface area contributed by atoms with E-state index in [1.54, 1.807) is 24.3 Å². The molecule has 7 N–H and O–H groups in total. The van der Waals surface area contributed by atoms with Gasteiger partial charge in [0, 0.05) is 17.7 Å². The Balaban J connectivity index is 1.32. The van der Waals surface area contributed by atoms with Gasteiger partial charge in [-0.05, 0) is 53.5 Å². The number of carbonyl (C=O) groups is 1. The summed E-state index contributed by atoms with van der Waals surface area (Å²) in [5.41, 5.74) is 1.27. The SMILES string of the molecule is COc1cc(CCO)c2c(c1OC)O[C@@H]1c3c(-c4cccc(O)c4)cc4c(c3OC[C@@H]21)N[C@H]1C=C[C@@]2(C(=O)O)O[C@@]1(O4)[C@H](O)[C@@H](O)[C@@H]2O. The number of carboxylic acid groups (broad SMARTS) is 1. The van der Waals surface area contributed by atoms with Crippen LogP contribution in [-0.4, -0.2) is 99.8 Å². The van der Waals surface area contributed by atoms with Crippen LogP contribution in [0, 0.1) is 0 Å². The normalized spacial score (nSPS) is 31.7. The Morgan fingerprint density at radius 3 is 2.58 bits per heavy atom. The third-order valence-corrected chi connectivity index (χ3v) is 9.95. The first-order valence-corrected chi connectivity index (χ1v) is 15.4. The van der Waals surface area contributed by atoms with Crippen LogP contribution in [-0.2, 0) is 16.0 Å².